The number of nitrogens with zero attached hydrogens (tertiary/aromatic N) is 3. The van der Waals surface area contributed by atoms with Crippen molar-refractivity contribution in [3.8, 4) is 0 Å². The van der Waals surface area contributed by atoms with Gasteiger partial charge in [0.2, 0.25) is 5.78 Å². The van der Waals surface area contributed by atoms with Crippen LogP contribution in [0.5, 0.6) is 0 Å². The van der Waals surface area contributed by atoms with Gasteiger partial charge in [0.1, 0.15) is 0 Å². The van der Waals surface area contributed by atoms with Crippen molar-refractivity contribution < 1.29 is 9.58 Å². The highest BCUT2D eigenvalue weighted by Gasteiger charge is 2.10. The molecule has 1 heterocycles. The fraction of sp³-hybridized carbons (Fsp3) is 0.167. The molecule has 4 nitrogen and oxygen atoms in total. The molecule has 0 aliphatic heterocycles. The molecule has 0 radical (unpaired) electrons. The van der Waals surface area contributed by atoms with Crippen molar-refractivity contribution in [3.05, 3.63) is 41.6 Å². The zero-order valence-corrected chi connectivity index (χ0v) is 8.92. The van der Waals surface area contributed by atoms with Crippen LogP contribution in [-0.4, -0.2) is 21.4 Å². The summed E-state index contributed by atoms with van der Waals surface area (Å²) in [5.41, 5.74) is 10.3. The van der Waals surface area contributed by atoms with E-state index >= 15 is 0 Å². The Morgan fingerprint density at radius 2 is 2.25 bits per heavy atom. The van der Waals surface area contributed by atoms with Crippen LogP contribution in [0.15, 0.2) is 30.5 Å². The van der Waals surface area contributed by atoms with Gasteiger partial charge >= 0.3 is 6.21 Å². The van der Waals surface area contributed by atoms with E-state index in [0.29, 0.717) is 0 Å². The zero-order valence-electron chi connectivity index (χ0n) is 8.92. The molecule has 0 N–H and O–H groups in total. The van der Waals surface area contributed by atoms with E-state index in [1.165, 1.54) is 0 Å². The van der Waals surface area contributed by atoms with Crippen molar-refractivity contribution in [1.82, 2.24) is 4.57 Å². The Balaban J connectivity index is 2.45. The third-order valence-corrected chi connectivity index (χ3v) is 2.55. The minimum Gasteiger partial charge on any atom is -0.361 e. The summed E-state index contributed by atoms with van der Waals surface area (Å²) in [5.74, 6) is -0.209. The first-order valence-electron chi connectivity index (χ1n) is 4.95. The Morgan fingerprint density at radius 1 is 1.50 bits per heavy atom. The maximum absolute atomic E-state index is 11.3. The minimum atomic E-state index is -0.209. The lowest BCUT2D eigenvalue weighted by Gasteiger charge is -1.93. The number of hydrogen-bond acceptors (Lipinski definition) is 1. The van der Waals surface area contributed by atoms with Crippen molar-refractivity contribution in [1.29, 1.82) is 0 Å². The van der Waals surface area contributed by atoms with Gasteiger partial charge in [-0.25, -0.2) is 0 Å². The molecular formula is C12H11N3O. The van der Waals surface area contributed by atoms with Crippen LogP contribution in [-0.2, 0) is 18.3 Å². The number of hydrogen-bond donors (Lipinski definition) is 0. The maximum Gasteiger partial charge on any atom is 0.323 e. The zero-order chi connectivity index (χ0) is 11.5. The molecule has 0 amide bonds. The molecule has 0 fully saturated rings. The topological polar surface area (TPSA) is 58.4 Å². The van der Waals surface area contributed by atoms with Crippen molar-refractivity contribution in [3.63, 3.8) is 0 Å². The second kappa shape index (κ2) is 4.13. The van der Waals surface area contributed by atoms with E-state index in [9.17, 15) is 4.79 Å². The van der Waals surface area contributed by atoms with E-state index < -0.39 is 0 Å². The van der Waals surface area contributed by atoms with Gasteiger partial charge in [-0.2, -0.15) is 4.79 Å². The van der Waals surface area contributed by atoms with Crippen LogP contribution in [0, 0.1) is 0 Å². The van der Waals surface area contributed by atoms with Gasteiger partial charge in [-0.15, -0.1) is 0 Å². The molecule has 4 heteroatoms. The van der Waals surface area contributed by atoms with E-state index in [1.807, 2.05) is 42.1 Å². The van der Waals surface area contributed by atoms with E-state index in [4.69, 9.17) is 5.53 Å². The highest BCUT2D eigenvalue weighted by atomic mass is 16.1. The smallest absolute Gasteiger partial charge is 0.323 e. The van der Waals surface area contributed by atoms with E-state index in [2.05, 4.69) is 4.79 Å². The molecule has 16 heavy (non-hydrogen) atoms. The van der Waals surface area contributed by atoms with Gasteiger partial charge in [0.15, 0.2) is 0 Å². The van der Waals surface area contributed by atoms with Crippen molar-refractivity contribution in [2.75, 3.05) is 0 Å². The summed E-state index contributed by atoms with van der Waals surface area (Å²) < 4.78 is 1.98. The van der Waals surface area contributed by atoms with Gasteiger partial charge in [0.25, 0.3) is 0 Å². The Hall–Kier alpha value is -2.19. The number of carbonyl (C=O) groups is 1. The van der Waals surface area contributed by atoms with Gasteiger partial charge in [-0.1, -0.05) is 18.2 Å². The summed E-state index contributed by atoms with van der Waals surface area (Å²) in [4.78, 5) is 14.1. The third-order valence-electron chi connectivity index (χ3n) is 2.55. The van der Waals surface area contributed by atoms with E-state index in [-0.39, 0.29) is 12.2 Å². The second-order valence-electron chi connectivity index (χ2n) is 3.67. The summed E-state index contributed by atoms with van der Waals surface area (Å²) in [6.07, 6.45) is 3.11. The summed E-state index contributed by atoms with van der Waals surface area (Å²) in [7, 11) is 1.94. The molecule has 2 rings (SSSR count). The molecule has 0 saturated carbocycles. The van der Waals surface area contributed by atoms with Crippen LogP contribution < -0.4 is 0 Å². The summed E-state index contributed by atoms with van der Waals surface area (Å²) >= 11 is 0. The fourth-order valence-electron chi connectivity index (χ4n) is 1.86. The number of ketones is 1. The number of para-hydroxylation sites is 1. The van der Waals surface area contributed by atoms with Crippen LogP contribution in [0.25, 0.3) is 16.4 Å². The largest absolute Gasteiger partial charge is 0.361 e. The second-order valence-corrected chi connectivity index (χ2v) is 3.67. The predicted octanol–water partition coefficient (Wildman–Crippen LogP) is 1.59. The SMILES string of the molecule is Cn1cc(CC(=O)C=[N+]=[N-])c2ccccc21. The number of benzene rings is 1. The van der Waals surface area contributed by atoms with Gasteiger partial charge in [0, 0.05) is 30.6 Å². The molecule has 0 saturated heterocycles. The molecule has 0 spiro atoms. The summed E-state index contributed by atoms with van der Waals surface area (Å²) in [6.45, 7) is 0. The standard InChI is InChI=1S/C12H11N3O/c1-15-8-9(6-10(16)7-14-13)11-4-2-3-5-12(11)15/h2-5,7-8H,6H2,1H3. The number of fused-ring (bicyclic) bond motifs is 1. The average Bonchev–Trinajstić information content (AvgIpc) is 2.57. The highest BCUT2D eigenvalue weighted by molar-refractivity contribution is 6.26. The van der Waals surface area contributed by atoms with Crippen molar-refractivity contribution in [2.45, 2.75) is 6.42 Å². The van der Waals surface area contributed by atoms with Crippen molar-refractivity contribution >= 4 is 22.9 Å². The molecule has 1 aromatic heterocycles. The highest BCUT2D eigenvalue weighted by Crippen LogP contribution is 2.20. The molecule has 2 aromatic rings. The fourth-order valence-corrected chi connectivity index (χ4v) is 1.86. The quantitative estimate of drug-likeness (QED) is 0.434. The Bertz CT molecular complexity index is 591. The van der Waals surface area contributed by atoms with Crippen LogP contribution >= 0.6 is 0 Å². The lowest BCUT2D eigenvalue weighted by Crippen LogP contribution is -2.03. The maximum atomic E-state index is 11.3. The average molecular weight is 213 g/mol. The molecule has 0 bridgehead atoms. The van der Waals surface area contributed by atoms with E-state index in [0.717, 1.165) is 22.7 Å². The normalized spacial score (nSPS) is 10.1. The van der Waals surface area contributed by atoms with Gasteiger partial charge in [-0.05, 0) is 11.6 Å². The monoisotopic (exact) mass is 213 g/mol. The lowest BCUT2D eigenvalue weighted by atomic mass is 10.1. The minimum absolute atomic E-state index is 0.209. The molecule has 0 unspecified atom stereocenters. The van der Waals surface area contributed by atoms with E-state index in [1.54, 1.807) is 0 Å². The van der Waals surface area contributed by atoms with Gasteiger partial charge in [0.05, 0.1) is 0 Å². The van der Waals surface area contributed by atoms with Crippen LogP contribution in [0.1, 0.15) is 5.56 Å². The van der Waals surface area contributed by atoms with Gasteiger partial charge in [-0.3, -0.25) is 4.79 Å². The summed E-state index contributed by atoms with van der Waals surface area (Å²) in [6, 6.07) is 7.89. The molecule has 80 valence electrons. The number of carbonyl (C=O) groups excluding carboxylic acids is 1. The van der Waals surface area contributed by atoms with Gasteiger partial charge < -0.3 is 10.1 Å². The van der Waals surface area contributed by atoms with Crippen molar-refractivity contribution in [2.24, 2.45) is 7.05 Å². The summed E-state index contributed by atoms with van der Waals surface area (Å²) in [5, 5.41) is 1.06. The number of rotatable bonds is 3. The molecule has 0 aliphatic rings. The molecule has 0 atom stereocenters. The van der Waals surface area contributed by atoms with Crippen LogP contribution in [0.4, 0.5) is 0 Å². The third kappa shape index (κ3) is 1.78. The lowest BCUT2D eigenvalue weighted by molar-refractivity contribution is -0.115. The Morgan fingerprint density at radius 3 is 3.00 bits per heavy atom. The predicted molar refractivity (Wildman–Crippen MR) is 61.3 cm³/mol. The number of aryl methyl sites for hydroxylation is 1. The molecule has 0 aliphatic carbocycles. The molecular weight excluding hydrogens is 202 g/mol. The number of Topliss-reactive ketones (excluding diaryl/α,β-unsaturated/α-hetero) is 1. The first-order chi connectivity index (χ1) is 7.72. The molecule has 1 aromatic carbocycles. The van der Waals surface area contributed by atoms with Crippen LogP contribution in [0.2, 0.25) is 0 Å². The Labute approximate surface area is 92.7 Å². The Kier molecular flexibility index (Phi) is 2.66. The first kappa shape index (κ1) is 10.3. The first-order valence-corrected chi connectivity index (χ1v) is 4.95. The number of aromatic nitrogens is 1. The van der Waals surface area contributed by atoms with Crippen LogP contribution in [0.3, 0.4) is 0 Å².